The third kappa shape index (κ3) is 2.10. The lowest BCUT2D eigenvalue weighted by molar-refractivity contribution is 0.746. The van der Waals surface area contributed by atoms with E-state index in [4.69, 9.17) is 23.2 Å². The molecule has 0 bridgehead atoms. The molecule has 1 saturated carbocycles. The van der Waals surface area contributed by atoms with Crippen LogP contribution in [0.5, 0.6) is 0 Å². The molecule has 1 heterocycles. The summed E-state index contributed by atoms with van der Waals surface area (Å²) in [5.74, 6) is 0.603. The lowest BCUT2D eigenvalue weighted by atomic mass is 10.2. The first-order valence-corrected chi connectivity index (χ1v) is 5.46. The maximum Gasteiger partial charge on any atom is 0.169 e. The molecule has 1 aliphatic rings. The van der Waals surface area contributed by atoms with Gasteiger partial charge >= 0.3 is 0 Å². The Labute approximate surface area is 92.8 Å². The van der Waals surface area contributed by atoms with Gasteiger partial charge in [0.25, 0.3) is 0 Å². The Morgan fingerprint density at radius 2 is 2.00 bits per heavy atom. The summed E-state index contributed by atoms with van der Waals surface area (Å²) >= 11 is 11.8. The topological polar surface area (TPSA) is 37.8 Å². The molecular weight excluding hydrogens is 221 g/mol. The van der Waals surface area contributed by atoms with Crippen molar-refractivity contribution in [2.75, 3.05) is 5.32 Å². The predicted molar refractivity (Wildman–Crippen MR) is 57.9 cm³/mol. The Morgan fingerprint density at radius 1 is 1.29 bits per heavy atom. The lowest BCUT2D eigenvalue weighted by Crippen LogP contribution is -2.16. The van der Waals surface area contributed by atoms with Gasteiger partial charge in [-0.3, -0.25) is 0 Å². The molecule has 76 valence electrons. The highest BCUT2D eigenvalue weighted by Gasteiger charge is 2.17. The van der Waals surface area contributed by atoms with Crippen LogP contribution in [0.15, 0.2) is 6.20 Å². The summed E-state index contributed by atoms with van der Waals surface area (Å²) < 4.78 is 0. The Bertz CT molecular complexity index is 324. The maximum atomic E-state index is 5.97. The molecule has 3 nitrogen and oxygen atoms in total. The van der Waals surface area contributed by atoms with Gasteiger partial charge in [0, 0.05) is 6.04 Å². The van der Waals surface area contributed by atoms with Crippen molar-refractivity contribution in [1.29, 1.82) is 0 Å². The van der Waals surface area contributed by atoms with E-state index in [0.29, 0.717) is 21.9 Å². The molecule has 0 unspecified atom stereocenters. The van der Waals surface area contributed by atoms with Crippen LogP contribution in [0.25, 0.3) is 0 Å². The van der Waals surface area contributed by atoms with Gasteiger partial charge in [-0.25, -0.2) is 0 Å². The molecule has 1 fully saturated rings. The molecule has 0 radical (unpaired) electrons. The van der Waals surface area contributed by atoms with Gasteiger partial charge in [0.15, 0.2) is 5.82 Å². The van der Waals surface area contributed by atoms with E-state index < -0.39 is 0 Å². The highest BCUT2D eigenvalue weighted by atomic mass is 35.5. The number of halogens is 2. The third-order valence-corrected chi connectivity index (χ3v) is 3.21. The molecule has 0 aliphatic heterocycles. The zero-order chi connectivity index (χ0) is 9.97. The zero-order valence-electron chi connectivity index (χ0n) is 7.63. The first-order chi connectivity index (χ1) is 6.77. The highest BCUT2D eigenvalue weighted by Crippen LogP contribution is 2.29. The molecule has 0 atom stereocenters. The average Bonchev–Trinajstić information content (AvgIpc) is 2.66. The molecule has 1 aromatic rings. The van der Waals surface area contributed by atoms with Crippen molar-refractivity contribution in [2.45, 2.75) is 31.7 Å². The second-order valence-corrected chi connectivity index (χ2v) is 4.27. The van der Waals surface area contributed by atoms with Crippen LogP contribution in [-0.2, 0) is 0 Å². The first kappa shape index (κ1) is 9.99. The third-order valence-electron chi connectivity index (χ3n) is 2.44. The quantitative estimate of drug-likeness (QED) is 0.851. The number of rotatable bonds is 2. The summed E-state index contributed by atoms with van der Waals surface area (Å²) in [6.45, 7) is 0. The Morgan fingerprint density at radius 3 is 2.71 bits per heavy atom. The van der Waals surface area contributed by atoms with Gasteiger partial charge in [-0.15, -0.1) is 5.10 Å². The fourth-order valence-electron chi connectivity index (χ4n) is 1.71. The minimum atomic E-state index is 0.446. The van der Waals surface area contributed by atoms with Crippen LogP contribution in [0.1, 0.15) is 25.7 Å². The predicted octanol–water partition coefficient (Wildman–Crippen LogP) is 3.14. The second-order valence-electron chi connectivity index (χ2n) is 3.48. The molecule has 2 rings (SSSR count). The van der Waals surface area contributed by atoms with Gasteiger partial charge in [0.1, 0.15) is 5.02 Å². The summed E-state index contributed by atoms with van der Waals surface area (Å²) in [7, 11) is 0. The summed E-state index contributed by atoms with van der Waals surface area (Å²) in [4.78, 5) is 0. The number of nitrogens with one attached hydrogen (secondary N) is 1. The van der Waals surface area contributed by atoms with Crippen LogP contribution in [0, 0.1) is 0 Å². The standard InChI is InChI=1S/C9H11Cl2N3/c10-7-5-12-14-9(8(7)11)13-6-3-1-2-4-6/h5-6H,1-4H2,(H,13,14). The smallest absolute Gasteiger partial charge is 0.169 e. The lowest BCUT2D eigenvalue weighted by Gasteiger charge is -2.12. The summed E-state index contributed by atoms with van der Waals surface area (Å²) in [6.07, 6.45) is 6.32. The Kier molecular flexibility index (Phi) is 3.08. The second kappa shape index (κ2) is 4.32. The Balaban J connectivity index is 2.11. The number of anilines is 1. The molecule has 1 aromatic heterocycles. The molecule has 1 aliphatic carbocycles. The minimum Gasteiger partial charge on any atom is -0.365 e. The van der Waals surface area contributed by atoms with Crippen molar-refractivity contribution in [3.8, 4) is 0 Å². The number of nitrogens with zero attached hydrogens (tertiary/aromatic N) is 2. The number of aromatic nitrogens is 2. The molecule has 0 spiro atoms. The van der Waals surface area contributed by atoms with E-state index in [1.165, 1.54) is 31.9 Å². The summed E-state index contributed by atoms with van der Waals surface area (Å²) in [5, 5.41) is 11.9. The zero-order valence-corrected chi connectivity index (χ0v) is 9.15. The number of hydrogen-bond donors (Lipinski definition) is 1. The fourth-order valence-corrected chi connectivity index (χ4v) is 1.98. The minimum absolute atomic E-state index is 0.446. The van der Waals surface area contributed by atoms with E-state index in [1.54, 1.807) is 0 Å². The van der Waals surface area contributed by atoms with E-state index in [2.05, 4.69) is 15.5 Å². The van der Waals surface area contributed by atoms with Crippen LogP contribution >= 0.6 is 23.2 Å². The summed E-state index contributed by atoms with van der Waals surface area (Å²) in [6, 6.07) is 0.472. The Hall–Kier alpha value is -0.540. The normalized spacial score (nSPS) is 17.3. The van der Waals surface area contributed by atoms with E-state index in [-0.39, 0.29) is 0 Å². The van der Waals surface area contributed by atoms with Gasteiger partial charge in [-0.05, 0) is 12.8 Å². The highest BCUT2D eigenvalue weighted by molar-refractivity contribution is 6.43. The van der Waals surface area contributed by atoms with E-state index in [0.717, 1.165) is 0 Å². The van der Waals surface area contributed by atoms with Crippen molar-refractivity contribution < 1.29 is 0 Å². The van der Waals surface area contributed by atoms with Crippen LogP contribution in [0.4, 0.5) is 5.82 Å². The summed E-state index contributed by atoms with van der Waals surface area (Å²) in [5.41, 5.74) is 0. The maximum absolute atomic E-state index is 5.97. The van der Waals surface area contributed by atoms with Crippen molar-refractivity contribution >= 4 is 29.0 Å². The van der Waals surface area contributed by atoms with Crippen LogP contribution in [0.3, 0.4) is 0 Å². The molecule has 0 aromatic carbocycles. The van der Waals surface area contributed by atoms with Gasteiger partial charge < -0.3 is 5.32 Å². The number of hydrogen-bond acceptors (Lipinski definition) is 3. The van der Waals surface area contributed by atoms with Crippen molar-refractivity contribution in [1.82, 2.24) is 10.2 Å². The molecule has 1 N–H and O–H groups in total. The van der Waals surface area contributed by atoms with Crippen molar-refractivity contribution in [2.24, 2.45) is 0 Å². The van der Waals surface area contributed by atoms with Gasteiger partial charge in [-0.1, -0.05) is 36.0 Å². The fraction of sp³-hybridized carbons (Fsp3) is 0.556. The van der Waals surface area contributed by atoms with Gasteiger partial charge in [0.2, 0.25) is 0 Å². The first-order valence-electron chi connectivity index (χ1n) is 4.70. The average molecular weight is 232 g/mol. The molecule has 5 heteroatoms. The van der Waals surface area contributed by atoms with E-state index in [9.17, 15) is 0 Å². The van der Waals surface area contributed by atoms with Gasteiger partial charge in [-0.2, -0.15) is 5.10 Å². The SMILES string of the molecule is Clc1cnnc(NC2CCCC2)c1Cl. The molecular formula is C9H11Cl2N3. The van der Waals surface area contributed by atoms with Crippen molar-refractivity contribution in [3.63, 3.8) is 0 Å². The van der Waals surface area contributed by atoms with Crippen LogP contribution < -0.4 is 5.32 Å². The van der Waals surface area contributed by atoms with Gasteiger partial charge in [0.05, 0.1) is 11.2 Å². The van der Waals surface area contributed by atoms with Crippen molar-refractivity contribution in [3.05, 3.63) is 16.2 Å². The van der Waals surface area contributed by atoms with E-state index in [1.807, 2.05) is 0 Å². The molecule has 14 heavy (non-hydrogen) atoms. The van der Waals surface area contributed by atoms with Crippen LogP contribution in [0.2, 0.25) is 10.0 Å². The van der Waals surface area contributed by atoms with E-state index >= 15 is 0 Å². The largest absolute Gasteiger partial charge is 0.365 e. The molecule has 0 saturated heterocycles. The van der Waals surface area contributed by atoms with Crippen LogP contribution in [-0.4, -0.2) is 16.2 Å². The monoisotopic (exact) mass is 231 g/mol. The molecule has 0 amide bonds.